The zero-order valence-electron chi connectivity index (χ0n) is 20.4. The molecule has 4 aromatic rings. The van der Waals surface area contributed by atoms with Gasteiger partial charge in [-0.2, -0.15) is 4.98 Å². The second-order valence-corrected chi connectivity index (χ2v) is 10.5. The van der Waals surface area contributed by atoms with Crippen molar-refractivity contribution in [2.45, 2.75) is 59.5 Å². The summed E-state index contributed by atoms with van der Waals surface area (Å²) in [6.45, 7) is 12.3. The van der Waals surface area contributed by atoms with Crippen LogP contribution in [-0.2, 0) is 0 Å². The summed E-state index contributed by atoms with van der Waals surface area (Å²) < 4.78 is 11.8. The largest absolute Gasteiger partial charge is 0.467 e. The van der Waals surface area contributed by atoms with E-state index in [4.69, 9.17) is 19.2 Å². The molecule has 5 rings (SSSR count). The summed E-state index contributed by atoms with van der Waals surface area (Å²) in [6, 6.07) is 11.2. The van der Waals surface area contributed by atoms with Gasteiger partial charge in [-0.3, -0.25) is 0 Å². The van der Waals surface area contributed by atoms with Gasteiger partial charge in [0.25, 0.3) is 5.19 Å². The van der Waals surface area contributed by atoms with Gasteiger partial charge in [0, 0.05) is 24.6 Å². The molecule has 0 spiro atoms. The minimum atomic E-state index is 0.0791. The number of aryl methyl sites for hydroxylation is 2. The third-order valence-electron chi connectivity index (χ3n) is 6.60. The third-order valence-corrected chi connectivity index (χ3v) is 7.46. The van der Waals surface area contributed by atoms with E-state index in [-0.39, 0.29) is 12.0 Å². The molecule has 7 nitrogen and oxygen atoms in total. The molecule has 1 fully saturated rings. The molecule has 1 saturated heterocycles. The van der Waals surface area contributed by atoms with Crippen LogP contribution in [0.5, 0.6) is 5.19 Å². The molecular formula is C26H31N5O2S. The summed E-state index contributed by atoms with van der Waals surface area (Å²) in [5.74, 6) is 1.48. The van der Waals surface area contributed by atoms with E-state index in [0.29, 0.717) is 17.1 Å². The molecule has 0 aliphatic carbocycles. The van der Waals surface area contributed by atoms with Gasteiger partial charge in [0.2, 0.25) is 0 Å². The zero-order chi connectivity index (χ0) is 23.8. The Hall–Kier alpha value is -3.00. The van der Waals surface area contributed by atoms with E-state index < -0.39 is 0 Å². The Morgan fingerprint density at radius 1 is 1.03 bits per heavy atom. The van der Waals surface area contributed by atoms with Crippen LogP contribution in [0, 0.1) is 19.8 Å². The third kappa shape index (κ3) is 4.64. The van der Waals surface area contributed by atoms with Crippen molar-refractivity contribution in [3.8, 4) is 16.5 Å². The van der Waals surface area contributed by atoms with Crippen molar-refractivity contribution >= 4 is 27.7 Å². The summed E-state index contributed by atoms with van der Waals surface area (Å²) in [5.41, 5.74) is 5.50. The average Bonchev–Trinajstić information content (AvgIpc) is 3.46. The number of hydrogen-bond acceptors (Lipinski definition) is 8. The van der Waals surface area contributed by atoms with Gasteiger partial charge in [-0.25, -0.2) is 9.97 Å². The molecule has 0 amide bonds. The lowest BCUT2D eigenvalue weighted by molar-refractivity contribution is 0.131. The topological polar surface area (TPSA) is 77.2 Å². The van der Waals surface area contributed by atoms with Crippen molar-refractivity contribution < 1.29 is 9.26 Å². The predicted molar refractivity (Wildman–Crippen MR) is 136 cm³/mol. The van der Waals surface area contributed by atoms with Crippen LogP contribution in [0.3, 0.4) is 0 Å². The van der Waals surface area contributed by atoms with E-state index in [1.54, 1.807) is 0 Å². The molecule has 178 valence electrons. The van der Waals surface area contributed by atoms with Gasteiger partial charge in [0.1, 0.15) is 16.5 Å². The minimum absolute atomic E-state index is 0.0791. The molecule has 0 N–H and O–H groups in total. The monoisotopic (exact) mass is 477 g/mol. The number of hydrogen-bond donors (Lipinski definition) is 0. The number of thiazole rings is 1. The van der Waals surface area contributed by atoms with Crippen molar-refractivity contribution in [3.05, 3.63) is 47.3 Å². The van der Waals surface area contributed by atoms with Crippen molar-refractivity contribution in [1.82, 2.24) is 20.1 Å². The van der Waals surface area contributed by atoms with Gasteiger partial charge in [-0.15, -0.1) is 0 Å². The molecule has 1 atom stereocenters. The fourth-order valence-electron chi connectivity index (χ4n) is 4.50. The number of pyridine rings is 1. The standard InChI is InChI=1S/C26H31N5O2S/c1-15(2)23-29-25(33-30-23)31-12-10-19(11-13-31)18(5)32-26-28-22-9-8-21(27-24(22)34-26)20-7-6-16(3)14-17(20)4/h6-9,14-15,18-19H,10-13H2,1-5H3. The van der Waals surface area contributed by atoms with E-state index in [0.717, 1.165) is 53.4 Å². The van der Waals surface area contributed by atoms with E-state index in [2.05, 4.69) is 67.9 Å². The van der Waals surface area contributed by atoms with Gasteiger partial charge in [0.15, 0.2) is 5.82 Å². The van der Waals surface area contributed by atoms with Gasteiger partial charge in [-0.1, -0.05) is 54.1 Å². The molecule has 3 aromatic heterocycles. The highest BCUT2D eigenvalue weighted by Gasteiger charge is 2.28. The fourth-order valence-corrected chi connectivity index (χ4v) is 5.37. The first kappa shape index (κ1) is 22.8. The van der Waals surface area contributed by atoms with Crippen LogP contribution in [0.15, 0.2) is 34.9 Å². The first-order chi connectivity index (χ1) is 16.4. The number of nitrogens with zero attached hydrogens (tertiary/aromatic N) is 5. The minimum Gasteiger partial charge on any atom is -0.467 e. The number of aromatic nitrogens is 4. The van der Waals surface area contributed by atoms with Crippen LogP contribution in [0.25, 0.3) is 21.6 Å². The lowest BCUT2D eigenvalue weighted by atomic mass is 9.92. The Kier molecular flexibility index (Phi) is 6.25. The van der Waals surface area contributed by atoms with E-state index in [1.807, 2.05) is 12.1 Å². The lowest BCUT2D eigenvalue weighted by Crippen LogP contribution is -2.38. The number of piperidine rings is 1. The van der Waals surface area contributed by atoms with Crippen molar-refractivity contribution in [3.63, 3.8) is 0 Å². The molecule has 0 bridgehead atoms. The molecule has 0 radical (unpaired) electrons. The smallest absolute Gasteiger partial charge is 0.324 e. The molecule has 1 aliphatic heterocycles. The number of fused-ring (bicyclic) bond motifs is 1. The second-order valence-electron chi connectivity index (χ2n) is 9.56. The maximum atomic E-state index is 6.30. The highest BCUT2D eigenvalue weighted by molar-refractivity contribution is 7.19. The quantitative estimate of drug-likeness (QED) is 0.329. The van der Waals surface area contributed by atoms with Crippen LogP contribution >= 0.6 is 11.3 Å². The molecule has 1 aromatic carbocycles. The first-order valence-corrected chi connectivity index (χ1v) is 12.8. The van der Waals surface area contributed by atoms with E-state index >= 15 is 0 Å². The molecule has 1 aliphatic rings. The SMILES string of the molecule is Cc1ccc(-c2ccc3nc(OC(C)C4CCN(c5nc(C(C)C)no5)CC4)sc3n2)c(C)c1. The zero-order valence-corrected chi connectivity index (χ0v) is 21.2. The number of ether oxygens (including phenoxy) is 1. The Balaban J connectivity index is 1.23. The maximum Gasteiger partial charge on any atom is 0.324 e. The molecule has 1 unspecified atom stereocenters. The molecule has 34 heavy (non-hydrogen) atoms. The van der Waals surface area contributed by atoms with E-state index in [9.17, 15) is 0 Å². The highest BCUT2D eigenvalue weighted by Crippen LogP contribution is 2.33. The fraction of sp³-hybridized carbons (Fsp3) is 0.462. The van der Waals surface area contributed by atoms with Crippen LogP contribution in [0.2, 0.25) is 0 Å². The number of anilines is 1. The van der Waals surface area contributed by atoms with Gasteiger partial charge in [-0.05, 0) is 57.2 Å². The summed E-state index contributed by atoms with van der Waals surface area (Å²) in [7, 11) is 0. The summed E-state index contributed by atoms with van der Waals surface area (Å²) in [4.78, 5) is 17.2. The number of rotatable bonds is 6. The van der Waals surface area contributed by atoms with Crippen molar-refractivity contribution in [2.75, 3.05) is 18.0 Å². The molecule has 0 saturated carbocycles. The Bertz CT molecular complexity index is 1290. The van der Waals surface area contributed by atoms with E-state index in [1.165, 1.54) is 22.5 Å². The normalized spacial score (nSPS) is 15.9. The Morgan fingerprint density at radius 3 is 2.53 bits per heavy atom. The predicted octanol–water partition coefficient (Wildman–Crippen LogP) is 6.17. The Morgan fingerprint density at radius 2 is 1.82 bits per heavy atom. The number of benzene rings is 1. The summed E-state index contributed by atoms with van der Waals surface area (Å²) in [5, 5.41) is 4.78. The van der Waals surface area contributed by atoms with Crippen molar-refractivity contribution in [1.29, 1.82) is 0 Å². The summed E-state index contributed by atoms with van der Waals surface area (Å²) in [6.07, 6.45) is 2.11. The summed E-state index contributed by atoms with van der Waals surface area (Å²) >= 11 is 1.52. The molecule has 8 heteroatoms. The van der Waals surface area contributed by atoms with Crippen LogP contribution < -0.4 is 9.64 Å². The Labute approximate surface area is 204 Å². The van der Waals surface area contributed by atoms with Gasteiger partial charge >= 0.3 is 6.01 Å². The van der Waals surface area contributed by atoms with Gasteiger partial charge in [0.05, 0.1) is 5.69 Å². The van der Waals surface area contributed by atoms with Gasteiger partial charge < -0.3 is 14.2 Å². The maximum absolute atomic E-state index is 6.30. The van der Waals surface area contributed by atoms with Crippen LogP contribution in [-0.4, -0.2) is 39.3 Å². The second kappa shape index (κ2) is 9.33. The lowest BCUT2D eigenvalue weighted by Gasteiger charge is -2.33. The average molecular weight is 478 g/mol. The molecular weight excluding hydrogens is 446 g/mol. The van der Waals surface area contributed by atoms with Crippen molar-refractivity contribution in [2.24, 2.45) is 5.92 Å². The highest BCUT2D eigenvalue weighted by atomic mass is 32.1. The first-order valence-electron chi connectivity index (χ1n) is 12.0. The van der Waals surface area contributed by atoms with Crippen LogP contribution in [0.4, 0.5) is 6.01 Å². The van der Waals surface area contributed by atoms with Crippen LogP contribution in [0.1, 0.15) is 56.5 Å². The molecule has 4 heterocycles.